The lowest BCUT2D eigenvalue weighted by Crippen LogP contribution is -2.45. The van der Waals surface area contributed by atoms with Gasteiger partial charge < -0.3 is 10.6 Å². The van der Waals surface area contributed by atoms with Gasteiger partial charge in [-0.2, -0.15) is 0 Å². The molecule has 0 bridgehead atoms. The molecule has 5 heteroatoms. The van der Waals surface area contributed by atoms with Crippen LogP contribution in [0.4, 0.5) is 0 Å². The highest BCUT2D eigenvalue weighted by molar-refractivity contribution is 7.09. The van der Waals surface area contributed by atoms with Crippen LogP contribution in [0.3, 0.4) is 0 Å². The van der Waals surface area contributed by atoms with Gasteiger partial charge in [-0.05, 0) is 6.42 Å². The van der Waals surface area contributed by atoms with Crippen LogP contribution < -0.4 is 10.6 Å². The molecule has 2 rings (SSSR count). The zero-order chi connectivity index (χ0) is 13.2. The van der Waals surface area contributed by atoms with Crippen molar-refractivity contribution in [1.29, 1.82) is 0 Å². The Labute approximate surface area is 112 Å². The Hall–Kier alpha value is -0.940. The molecule has 18 heavy (non-hydrogen) atoms. The normalized spacial score (nSPS) is 20.8. The van der Waals surface area contributed by atoms with Crippen molar-refractivity contribution in [2.75, 3.05) is 6.54 Å². The number of carbonyl (C=O) groups is 1. The van der Waals surface area contributed by atoms with Gasteiger partial charge in [-0.3, -0.25) is 4.79 Å². The van der Waals surface area contributed by atoms with Crippen LogP contribution in [0.2, 0.25) is 0 Å². The fourth-order valence-electron chi connectivity index (χ4n) is 1.89. The number of piperidine rings is 1. The van der Waals surface area contributed by atoms with E-state index in [1.54, 1.807) is 11.3 Å². The number of amides is 1. The lowest BCUT2D eigenvalue weighted by atomic mass is 9.98. The van der Waals surface area contributed by atoms with Crippen LogP contribution in [0.5, 0.6) is 0 Å². The van der Waals surface area contributed by atoms with E-state index in [0.717, 1.165) is 25.2 Å². The van der Waals surface area contributed by atoms with Crippen molar-refractivity contribution in [3.8, 4) is 0 Å². The predicted octanol–water partition coefficient (Wildman–Crippen LogP) is 1.81. The number of nitrogens with one attached hydrogen (secondary N) is 2. The van der Waals surface area contributed by atoms with Gasteiger partial charge in [0, 0.05) is 36.3 Å². The largest absolute Gasteiger partial charge is 0.355 e. The van der Waals surface area contributed by atoms with Crippen molar-refractivity contribution in [1.82, 2.24) is 15.6 Å². The van der Waals surface area contributed by atoms with E-state index in [1.807, 2.05) is 0 Å². The Bertz CT molecular complexity index is 412. The molecule has 1 fully saturated rings. The number of rotatable bonds is 3. The third-order valence-electron chi connectivity index (χ3n) is 3.03. The molecule has 0 spiro atoms. The average Bonchev–Trinajstić information content (AvgIpc) is 2.77. The third-order valence-corrected chi connectivity index (χ3v) is 4.35. The Morgan fingerprint density at radius 1 is 1.56 bits per heavy atom. The maximum Gasteiger partial charge on any atom is 0.220 e. The smallest absolute Gasteiger partial charge is 0.220 e. The summed E-state index contributed by atoms with van der Waals surface area (Å²) in [5.41, 5.74) is 1.23. The third kappa shape index (κ3) is 3.53. The molecule has 1 atom stereocenters. The predicted molar refractivity (Wildman–Crippen MR) is 73.7 cm³/mol. The first-order valence-electron chi connectivity index (χ1n) is 6.40. The first kappa shape index (κ1) is 13.5. The van der Waals surface area contributed by atoms with Gasteiger partial charge in [0.25, 0.3) is 0 Å². The van der Waals surface area contributed by atoms with Crippen LogP contribution >= 0.6 is 11.3 Å². The summed E-state index contributed by atoms with van der Waals surface area (Å²) in [6.07, 6.45) is 1.55. The van der Waals surface area contributed by atoms with Gasteiger partial charge in [0.1, 0.15) is 0 Å². The Morgan fingerprint density at radius 3 is 2.89 bits per heavy atom. The lowest BCUT2D eigenvalue weighted by molar-refractivity contribution is -0.122. The first-order chi connectivity index (χ1) is 8.45. The fourth-order valence-corrected chi connectivity index (χ4v) is 2.80. The summed E-state index contributed by atoms with van der Waals surface area (Å²) in [6, 6.07) is 0.377. The van der Waals surface area contributed by atoms with E-state index in [1.165, 1.54) is 5.01 Å². The number of carbonyl (C=O) groups excluding carboxylic acids is 1. The molecule has 0 saturated carbocycles. The molecule has 1 saturated heterocycles. The van der Waals surface area contributed by atoms with Crippen LogP contribution in [-0.2, 0) is 16.8 Å². The van der Waals surface area contributed by atoms with E-state index in [-0.39, 0.29) is 11.3 Å². The Kier molecular flexibility index (Phi) is 4.02. The van der Waals surface area contributed by atoms with Crippen LogP contribution in [0.1, 0.15) is 44.3 Å². The van der Waals surface area contributed by atoms with Crippen molar-refractivity contribution in [2.24, 2.45) is 0 Å². The van der Waals surface area contributed by atoms with Gasteiger partial charge in [-0.1, -0.05) is 20.8 Å². The van der Waals surface area contributed by atoms with Gasteiger partial charge in [0.15, 0.2) is 0 Å². The first-order valence-corrected chi connectivity index (χ1v) is 7.28. The number of thiazole rings is 1. The zero-order valence-electron chi connectivity index (χ0n) is 11.2. The summed E-state index contributed by atoms with van der Waals surface area (Å²) >= 11 is 1.72. The van der Waals surface area contributed by atoms with Crippen LogP contribution in [-0.4, -0.2) is 23.5 Å². The van der Waals surface area contributed by atoms with Crippen LogP contribution in [0.15, 0.2) is 5.38 Å². The quantitative estimate of drug-likeness (QED) is 0.878. The van der Waals surface area contributed by atoms with Crippen molar-refractivity contribution in [3.63, 3.8) is 0 Å². The Morgan fingerprint density at radius 2 is 2.33 bits per heavy atom. The van der Waals surface area contributed by atoms with Crippen molar-refractivity contribution < 1.29 is 4.79 Å². The zero-order valence-corrected chi connectivity index (χ0v) is 12.1. The van der Waals surface area contributed by atoms with Gasteiger partial charge >= 0.3 is 0 Å². The van der Waals surface area contributed by atoms with E-state index in [9.17, 15) is 4.79 Å². The van der Waals surface area contributed by atoms with E-state index >= 15 is 0 Å². The number of nitrogens with zero attached hydrogens (tertiary/aromatic N) is 1. The second-order valence-corrected chi connectivity index (χ2v) is 6.67. The van der Waals surface area contributed by atoms with E-state index < -0.39 is 0 Å². The summed E-state index contributed by atoms with van der Waals surface area (Å²) in [4.78, 5) is 15.7. The second kappa shape index (κ2) is 5.36. The standard InChI is InChI=1S/C13H21N3OS/c1-13(2,3)12-16-10(8-18-12)7-14-9-4-5-11(17)15-6-9/h8-9,14H,4-7H2,1-3H3,(H,15,17). The summed E-state index contributed by atoms with van der Waals surface area (Å²) in [5.74, 6) is 0.164. The molecule has 4 nitrogen and oxygen atoms in total. The van der Waals surface area contributed by atoms with Gasteiger partial charge in [-0.25, -0.2) is 4.98 Å². The highest BCUT2D eigenvalue weighted by Crippen LogP contribution is 2.25. The minimum Gasteiger partial charge on any atom is -0.355 e. The topological polar surface area (TPSA) is 54.0 Å². The van der Waals surface area contributed by atoms with E-state index in [4.69, 9.17) is 0 Å². The molecule has 1 amide bonds. The molecule has 0 aromatic carbocycles. The summed E-state index contributed by atoms with van der Waals surface area (Å²) in [6.45, 7) is 8.06. The number of hydrogen-bond donors (Lipinski definition) is 2. The summed E-state index contributed by atoms with van der Waals surface area (Å²) in [7, 11) is 0. The van der Waals surface area contributed by atoms with Gasteiger partial charge in [0.05, 0.1) is 10.7 Å². The highest BCUT2D eigenvalue weighted by Gasteiger charge is 2.20. The van der Waals surface area contributed by atoms with Crippen molar-refractivity contribution in [3.05, 3.63) is 16.1 Å². The molecular formula is C13H21N3OS. The molecule has 1 unspecified atom stereocenters. The molecular weight excluding hydrogens is 246 g/mol. The average molecular weight is 267 g/mol. The molecule has 1 aliphatic rings. The fraction of sp³-hybridized carbons (Fsp3) is 0.692. The van der Waals surface area contributed by atoms with Crippen molar-refractivity contribution in [2.45, 2.75) is 51.6 Å². The van der Waals surface area contributed by atoms with Crippen molar-refractivity contribution >= 4 is 17.2 Å². The second-order valence-electron chi connectivity index (χ2n) is 5.81. The van der Waals surface area contributed by atoms with E-state index in [0.29, 0.717) is 12.5 Å². The molecule has 1 aliphatic heterocycles. The molecule has 0 radical (unpaired) electrons. The monoisotopic (exact) mass is 267 g/mol. The molecule has 2 heterocycles. The van der Waals surface area contributed by atoms with Crippen LogP contribution in [0.25, 0.3) is 0 Å². The van der Waals surface area contributed by atoms with Gasteiger partial charge in [0.2, 0.25) is 5.91 Å². The minimum absolute atomic E-state index is 0.127. The number of aromatic nitrogens is 1. The maximum atomic E-state index is 11.0. The summed E-state index contributed by atoms with van der Waals surface area (Å²) in [5, 5.41) is 9.63. The maximum absolute atomic E-state index is 11.0. The number of hydrogen-bond acceptors (Lipinski definition) is 4. The molecule has 100 valence electrons. The van der Waals surface area contributed by atoms with Gasteiger partial charge in [-0.15, -0.1) is 11.3 Å². The molecule has 1 aromatic rings. The Balaban J connectivity index is 1.83. The molecule has 0 aliphatic carbocycles. The minimum atomic E-state index is 0.127. The molecule has 1 aromatic heterocycles. The summed E-state index contributed by atoms with van der Waals surface area (Å²) < 4.78 is 0. The van der Waals surface area contributed by atoms with Crippen LogP contribution in [0, 0.1) is 0 Å². The lowest BCUT2D eigenvalue weighted by Gasteiger charge is -2.23. The highest BCUT2D eigenvalue weighted by atomic mass is 32.1. The van der Waals surface area contributed by atoms with E-state index in [2.05, 4.69) is 41.8 Å². The molecule has 2 N–H and O–H groups in total. The SMILES string of the molecule is CC(C)(C)c1nc(CNC2CCC(=O)NC2)cs1.